The lowest BCUT2D eigenvalue weighted by Gasteiger charge is -2.12. The Bertz CT molecular complexity index is 975. The molecule has 0 aliphatic rings. The zero-order valence-electron chi connectivity index (χ0n) is 13.3. The zero-order chi connectivity index (χ0) is 16.5. The predicted molar refractivity (Wildman–Crippen MR) is 95.9 cm³/mol. The summed E-state index contributed by atoms with van der Waals surface area (Å²) in [4.78, 5) is 13.4. The number of aryl methyl sites for hydroxylation is 1. The fourth-order valence-electron chi connectivity index (χ4n) is 2.57. The molecule has 0 aliphatic carbocycles. The first-order valence-corrected chi connectivity index (χ1v) is 8.50. The number of anilines is 1. The van der Waals surface area contributed by atoms with Crippen molar-refractivity contribution in [3.8, 4) is 11.3 Å². The van der Waals surface area contributed by atoms with Crippen molar-refractivity contribution >= 4 is 28.2 Å². The summed E-state index contributed by atoms with van der Waals surface area (Å²) in [6.07, 6.45) is 3.33. The number of thiazole rings is 1. The summed E-state index contributed by atoms with van der Waals surface area (Å²) < 4.78 is 1.74. The van der Waals surface area contributed by atoms with Crippen molar-refractivity contribution in [2.75, 3.05) is 5.32 Å². The summed E-state index contributed by atoms with van der Waals surface area (Å²) in [6.45, 7) is 2.08. The van der Waals surface area contributed by atoms with Gasteiger partial charge in [-0.2, -0.15) is 5.10 Å². The number of rotatable bonds is 4. The third-order valence-corrected chi connectivity index (χ3v) is 4.87. The van der Waals surface area contributed by atoms with Crippen molar-refractivity contribution in [1.29, 1.82) is 0 Å². The van der Waals surface area contributed by atoms with Crippen LogP contribution in [0.1, 0.15) is 18.0 Å². The Hall–Kier alpha value is -2.80. The molecule has 0 bridgehead atoms. The van der Waals surface area contributed by atoms with Crippen LogP contribution in [-0.4, -0.2) is 24.7 Å². The number of fused-ring (bicyclic) bond motifs is 1. The van der Waals surface area contributed by atoms with Crippen LogP contribution in [0.25, 0.3) is 22.3 Å². The SMILES string of the molecule is CC(Nc1ncnc2c1cnn2C)c1nc(-c2ccccc2)cs1. The van der Waals surface area contributed by atoms with E-state index in [0.29, 0.717) is 0 Å². The lowest BCUT2D eigenvalue weighted by Crippen LogP contribution is -2.08. The molecule has 0 saturated heterocycles. The first-order valence-electron chi connectivity index (χ1n) is 7.62. The molecule has 0 fully saturated rings. The molecule has 1 aromatic carbocycles. The number of nitrogens with one attached hydrogen (secondary N) is 1. The largest absolute Gasteiger partial charge is 0.360 e. The second kappa shape index (κ2) is 6.01. The van der Waals surface area contributed by atoms with Gasteiger partial charge in [-0.1, -0.05) is 30.3 Å². The highest BCUT2D eigenvalue weighted by atomic mass is 32.1. The molecule has 6 nitrogen and oxygen atoms in total. The molecule has 1 atom stereocenters. The summed E-state index contributed by atoms with van der Waals surface area (Å²) in [6, 6.07) is 10.2. The molecule has 4 rings (SSSR count). The standard InChI is InChI=1S/C17H16N6S/c1-11(17-22-14(9-24-17)12-6-4-3-5-7-12)21-15-13-8-20-23(2)16(13)19-10-18-15/h3-11H,1-2H3,(H,18,19,21). The first-order chi connectivity index (χ1) is 11.7. The van der Waals surface area contributed by atoms with E-state index in [1.807, 2.05) is 25.2 Å². The summed E-state index contributed by atoms with van der Waals surface area (Å²) in [5, 5.41) is 11.7. The topological polar surface area (TPSA) is 68.5 Å². The van der Waals surface area contributed by atoms with Crippen molar-refractivity contribution in [3.05, 3.63) is 53.2 Å². The van der Waals surface area contributed by atoms with Crippen LogP contribution >= 0.6 is 11.3 Å². The quantitative estimate of drug-likeness (QED) is 0.616. The van der Waals surface area contributed by atoms with Gasteiger partial charge in [0.15, 0.2) is 5.65 Å². The molecular weight excluding hydrogens is 320 g/mol. The van der Waals surface area contributed by atoms with Crippen molar-refractivity contribution in [2.24, 2.45) is 7.05 Å². The maximum absolute atomic E-state index is 4.75. The maximum Gasteiger partial charge on any atom is 0.163 e. The third-order valence-electron chi connectivity index (χ3n) is 3.84. The second-order valence-corrected chi connectivity index (χ2v) is 6.42. The van der Waals surface area contributed by atoms with E-state index < -0.39 is 0 Å². The van der Waals surface area contributed by atoms with Crippen molar-refractivity contribution in [2.45, 2.75) is 13.0 Å². The van der Waals surface area contributed by atoms with E-state index in [1.165, 1.54) is 0 Å². The Labute approximate surface area is 143 Å². The molecular formula is C17H16N6S. The van der Waals surface area contributed by atoms with Gasteiger partial charge in [-0.15, -0.1) is 11.3 Å². The zero-order valence-corrected chi connectivity index (χ0v) is 14.2. The van der Waals surface area contributed by atoms with Crippen molar-refractivity contribution in [3.63, 3.8) is 0 Å². The Kier molecular flexibility index (Phi) is 3.70. The minimum Gasteiger partial charge on any atom is -0.360 e. The van der Waals surface area contributed by atoms with Crippen LogP contribution in [0.4, 0.5) is 5.82 Å². The molecule has 0 radical (unpaired) electrons. The van der Waals surface area contributed by atoms with E-state index in [0.717, 1.165) is 33.1 Å². The van der Waals surface area contributed by atoms with Gasteiger partial charge in [0.2, 0.25) is 0 Å². The molecule has 24 heavy (non-hydrogen) atoms. The summed E-state index contributed by atoms with van der Waals surface area (Å²) in [5.41, 5.74) is 2.94. The Morgan fingerprint density at radius 2 is 2.00 bits per heavy atom. The molecule has 3 heterocycles. The van der Waals surface area contributed by atoms with Crippen molar-refractivity contribution < 1.29 is 0 Å². The van der Waals surface area contributed by atoms with E-state index in [4.69, 9.17) is 4.98 Å². The van der Waals surface area contributed by atoms with Gasteiger partial charge < -0.3 is 5.32 Å². The molecule has 7 heteroatoms. The van der Waals surface area contributed by atoms with E-state index >= 15 is 0 Å². The smallest absolute Gasteiger partial charge is 0.163 e. The summed E-state index contributed by atoms with van der Waals surface area (Å²) >= 11 is 1.64. The van der Waals surface area contributed by atoms with Gasteiger partial charge in [0.25, 0.3) is 0 Å². The average Bonchev–Trinajstić information content (AvgIpc) is 3.24. The molecule has 0 saturated carbocycles. The second-order valence-electron chi connectivity index (χ2n) is 5.53. The molecule has 1 unspecified atom stereocenters. The molecule has 0 aliphatic heterocycles. The minimum atomic E-state index is 0.0470. The van der Waals surface area contributed by atoms with Gasteiger partial charge in [-0.3, -0.25) is 4.68 Å². The van der Waals surface area contributed by atoms with Crippen LogP contribution in [0.5, 0.6) is 0 Å². The van der Waals surface area contributed by atoms with E-state index in [-0.39, 0.29) is 6.04 Å². The Morgan fingerprint density at radius 1 is 1.17 bits per heavy atom. The minimum absolute atomic E-state index is 0.0470. The van der Waals surface area contributed by atoms with Crippen molar-refractivity contribution in [1.82, 2.24) is 24.7 Å². The molecule has 3 aromatic heterocycles. The average molecular weight is 336 g/mol. The van der Waals surface area contributed by atoms with Gasteiger partial charge in [0.1, 0.15) is 17.2 Å². The third kappa shape index (κ3) is 2.63. The molecule has 0 spiro atoms. The number of benzene rings is 1. The molecule has 1 N–H and O–H groups in total. The monoisotopic (exact) mass is 336 g/mol. The van der Waals surface area contributed by atoms with Crippen LogP contribution in [0, 0.1) is 0 Å². The summed E-state index contributed by atoms with van der Waals surface area (Å²) in [5.74, 6) is 0.775. The normalized spacial score (nSPS) is 12.4. The van der Waals surface area contributed by atoms with Crippen LogP contribution in [0.3, 0.4) is 0 Å². The van der Waals surface area contributed by atoms with Gasteiger partial charge in [0, 0.05) is 18.0 Å². The van der Waals surface area contributed by atoms with Gasteiger partial charge in [-0.05, 0) is 6.92 Å². The van der Waals surface area contributed by atoms with E-state index in [1.54, 1.807) is 28.5 Å². The molecule has 0 amide bonds. The summed E-state index contributed by atoms with van der Waals surface area (Å²) in [7, 11) is 1.87. The maximum atomic E-state index is 4.75. The van der Waals surface area contributed by atoms with Crippen LogP contribution in [0.2, 0.25) is 0 Å². The number of nitrogens with zero attached hydrogens (tertiary/aromatic N) is 5. The number of hydrogen-bond donors (Lipinski definition) is 1. The Morgan fingerprint density at radius 3 is 2.83 bits per heavy atom. The fraction of sp³-hybridized carbons (Fsp3) is 0.176. The van der Waals surface area contributed by atoms with Gasteiger partial charge in [0.05, 0.1) is 23.3 Å². The highest BCUT2D eigenvalue weighted by Gasteiger charge is 2.15. The van der Waals surface area contributed by atoms with E-state index in [9.17, 15) is 0 Å². The Balaban J connectivity index is 1.60. The lowest BCUT2D eigenvalue weighted by atomic mass is 10.2. The van der Waals surface area contributed by atoms with Crippen LogP contribution < -0.4 is 5.32 Å². The number of hydrogen-bond acceptors (Lipinski definition) is 6. The number of aromatic nitrogens is 5. The molecule has 120 valence electrons. The lowest BCUT2D eigenvalue weighted by molar-refractivity contribution is 0.785. The van der Waals surface area contributed by atoms with Crippen LogP contribution in [0.15, 0.2) is 48.2 Å². The van der Waals surface area contributed by atoms with Gasteiger partial charge >= 0.3 is 0 Å². The van der Waals surface area contributed by atoms with Gasteiger partial charge in [-0.25, -0.2) is 15.0 Å². The van der Waals surface area contributed by atoms with E-state index in [2.05, 4.69) is 44.8 Å². The highest BCUT2D eigenvalue weighted by Crippen LogP contribution is 2.28. The predicted octanol–water partition coefficient (Wildman–Crippen LogP) is 3.66. The highest BCUT2D eigenvalue weighted by molar-refractivity contribution is 7.10. The fourth-order valence-corrected chi connectivity index (χ4v) is 3.41. The molecule has 4 aromatic rings. The first kappa shape index (κ1) is 14.8. The van der Waals surface area contributed by atoms with Crippen LogP contribution in [-0.2, 0) is 7.05 Å².